The third-order valence-corrected chi connectivity index (χ3v) is 7.78. The standard InChI is InChI=1S/C22H23N2O4PS.ClH/c1-4-28-18-12-10-17(11-13-18)20-14-19(16-8-6-5-7-9-16)23-22-24(20)21(15-30-22)29(25,26-2)27-3;/h5-15,20H,4H2,1-3H3;1H. The van der Waals surface area contributed by atoms with Gasteiger partial charge in [0.2, 0.25) is 0 Å². The molecule has 2 aliphatic rings. The summed E-state index contributed by atoms with van der Waals surface area (Å²) >= 11 is 1.42. The van der Waals surface area contributed by atoms with Gasteiger partial charge in [-0.05, 0) is 36.3 Å². The van der Waals surface area contributed by atoms with Crippen LogP contribution in [0.4, 0.5) is 0 Å². The summed E-state index contributed by atoms with van der Waals surface area (Å²) < 4.78 is 29.4. The first-order valence-corrected chi connectivity index (χ1v) is 12.0. The van der Waals surface area contributed by atoms with E-state index < -0.39 is 7.60 Å². The van der Waals surface area contributed by atoms with Crippen LogP contribution in [0.5, 0.6) is 5.75 Å². The minimum absolute atomic E-state index is 0. The maximum atomic E-state index is 13.2. The van der Waals surface area contributed by atoms with E-state index in [0.717, 1.165) is 27.7 Å². The Morgan fingerprint density at radius 3 is 2.35 bits per heavy atom. The van der Waals surface area contributed by atoms with Gasteiger partial charge in [-0.15, -0.1) is 12.4 Å². The number of fused-ring (bicyclic) bond motifs is 1. The fourth-order valence-electron chi connectivity index (χ4n) is 3.42. The van der Waals surface area contributed by atoms with Gasteiger partial charge >= 0.3 is 7.60 Å². The van der Waals surface area contributed by atoms with Crippen molar-refractivity contribution in [2.24, 2.45) is 4.99 Å². The monoisotopic (exact) mass is 478 g/mol. The largest absolute Gasteiger partial charge is 0.494 e. The summed E-state index contributed by atoms with van der Waals surface area (Å²) in [4.78, 5) is 6.76. The summed E-state index contributed by atoms with van der Waals surface area (Å²) in [5.74, 6) is 0.809. The van der Waals surface area contributed by atoms with Crippen molar-refractivity contribution in [1.82, 2.24) is 4.90 Å². The van der Waals surface area contributed by atoms with Gasteiger partial charge in [-0.25, -0.2) is 4.99 Å². The molecule has 164 valence electrons. The number of hydrogen-bond donors (Lipinski definition) is 0. The zero-order valence-corrected chi connectivity index (χ0v) is 20.0. The summed E-state index contributed by atoms with van der Waals surface area (Å²) in [6.07, 6.45) is 2.07. The lowest BCUT2D eigenvalue weighted by atomic mass is 10.0. The third-order valence-electron chi connectivity index (χ3n) is 4.90. The molecule has 2 aliphatic heterocycles. The number of aliphatic imine (C=N–C) groups is 1. The van der Waals surface area contributed by atoms with E-state index in [4.69, 9.17) is 18.8 Å². The van der Waals surface area contributed by atoms with Crippen LogP contribution in [0.25, 0.3) is 5.70 Å². The van der Waals surface area contributed by atoms with E-state index in [1.54, 1.807) is 5.41 Å². The zero-order valence-electron chi connectivity index (χ0n) is 17.4. The van der Waals surface area contributed by atoms with Crippen molar-refractivity contribution in [3.8, 4) is 5.75 Å². The van der Waals surface area contributed by atoms with Gasteiger partial charge in [0.25, 0.3) is 0 Å². The van der Waals surface area contributed by atoms with Gasteiger partial charge in [0.15, 0.2) is 5.17 Å². The SMILES string of the molecule is CCOc1ccc(C2C=C(c3ccccc3)N=C3SC=C(P(=O)(OC)OC)N32)cc1.Cl. The van der Waals surface area contributed by atoms with Crippen LogP contribution in [-0.4, -0.2) is 30.9 Å². The fourth-order valence-corrected chi connectivity index (χ4v) is 5.97. The highest BCUT2D eigenvalue weighted by atomic mass is 35.5. The van der Waals surface area contributed by atoms with Crippen molar-refractivity contribution >= 4 is 42.6 Å². The van der Waals surface area contributed by atoms with Crippen LogP contribution in [0.15, 0.2) is 76.5 Å². The molecule has 1 unspecified atom stereocenters. The Kier molecular flexibility index (Phi) is 7.68. The second-order valence-corrected chi connectivity index (χ2v) is 9.61. The highest BCUT2D eigenvalue weighted by molar-refractivity contribution is 8.16. The summed E-state index contributed by atoms with van der Waals surface area (Å²) in [5, 5.41) is 2.54. The number of benzene rings is 2. The van der Waals surface area contributed by atoms with Gasteiger partial charge in [0.1, 0.15) is 11.2 Å². The molecule has 0 amide bonds. The molecule has 0 radical (unpaired) electrons. The average Bonchev–Trinajstić information content (AvgIpc) is 3.24. The van der Waals surface area contributed by atoms with Crippen LogP contribution < -0.4 is 4.74 Å². The van der Waals surface area contributed by atoms with Crippen LogP contribution in [0, 0.1) is 0 Å². The lowest BCUT2D eigenvalue weighted by Crippen LogP contribution is -2.31. The van der Waals surface area contributed by atoms with Crippen molar-refractivity contribution < 1.29 is 18.3 Å². The normalized spacial score (nSPS) is 17.8. The second-order valence-electron chi connectivity index (χ2n) is 6.59. The first-order valence-electron chi connectivity index (χ1n) is 9.56. The summed E-state index contributed by atoms with van der Waals surface area (Å²) in [5.41, 5.74) is 3.40. The smallest absolute Gasteiger partial charge is 0.377 e. The molecule has 0 saturated carbocycles. The number of halogens is 1. The first-order chi connectivity index (χ1) is 14.6. The van der Waals surface area contributed by atoms with Gasteiger partial charge in [-0.1, -0.05) is 54.2 Å². The van der Waals surface area contributed by atoms with E-state index in [-0.39, 0.29) is 18.4 Å². The van der Waals surface area contributed by atoms with Crippen LogP contribution in [-0.2, 0) is 13.6 Å². The quantitative estimate of drug-likeness (QED) is 0.436. The van der Waals surface area contributed by atoms with Gasteiger partial charge in [-0.2, -0.15) is 0 Å². The Bertz CT molecular complexity index is 1050. The van der Waals surface area contributed by atoms with Gasteiger partial charge < -0.3 is 18.7 Å². The molecule has 1 atom stereocenters. The molecule has 0 N–H and O–H groups in total. The predicted octanol–water partition coefficient (Wildman–Crippen LogP) is 6.29. The highest BCUT2D eigenvalue weighted by Crippen LogP contribution is 2.61. The second kappa shape index (κ2) is 10.1. The minimum Gasteiger partial charge on any atom is -0.494 e. The van der Waals surface area contributed by atoms with Gasteiger partial charge in [0.05, 0.1) is 18.3 Å². The van der Waals surface area contributed by atoms with E-state index >= 15 is 0 Å². The Balaban J connectivity index is 0.00000272. The molecule has 4 rings (SSSR count). The maximum Gasteiger partial charge on any atom is 0.377 e. The Morgan fingerprint density at radius 1 is 1.06 bits per heavy atom. The van der Waals surface area contributed by atoms with Crippen LogP contribution in [0.3, 0.4) is 0 Å². The molecule has 31 heavy (non-hydrogen) atoms. The summed E-state index contributed by atoms with van der Waals surface area (Å²) in [6.45, 7) is 2.57. The molecule has 0 fully saturated rings. The maximum absolute atomic E-state index is 13.2. The van der Waals surface area contributed by atoms with Crippen molar-refractivity contribution in [1.29, 1.82) is 0 Å². The average molecular weight is 479 g/mol. The van der Waals surface area contributed by atoms with Crippen LogP contribution in [0.2, 0.25) is 0 Å². The predicted molar refractivity (Wildman–Crippen MR) is 129 cm³/mol. The Labute approximate surface area is 192 Å². The van der Waals surface area contributed by atoms with E-state index in [1.807, 2.05) is 66.4 Å². The summed E-state index contributed by atoms with van der Waals surface area (Å²) in [6, 6.07) is 17.7. The number of hydrogen-bond acceptors (Lipinski definition) is 7. The number of ether oxygens (including phenoxy) is 1. The highest BCUT2D eigenvalue weighted by Gasteiger charge is 2.43. The van der Waals surface area contributed by atoms with E-state index in [9.17, 15) is 4.57 Å². The molecule has 0 aliphatic carbocycles. The molecular formula is C22H24ClN2O4PS. The number of amidine groups is 1. The van der Waals surface area contributed by atoms with Crippen molar-refractivity contribution in [2.45, 2.75) is 13.0 Å². The molecular weight excluding hydrogens is 455 g/mol. The molecule has 0 bridgehead atoms. The van der Waals surface area contributed by atoms with E-state index in [2.05, 4.69) is 6.08 Å². The van der Waals surface area contributed by atoms with Crippen molar-refractivity contribution in [2.75, 3.05) is 20.8 Å². The lowest BCUT2D eigenvalue weighted by Gasteiger charge is -2.34. The lowest BCUT2D eigenvalue weighted by molar-refractivity contribution is 0.272. The van der Waals surface area contributed by atoms with Crippen molar-refractivity contribution in [3.63, 3.8) is 0 Å². The third kappa shape index (κ3) is 4.61. The van der Waals surface area contributed by atoms with E-state index in [0.29, 0.717) is 12.0 Å². The number of rotatable bonds is 7. The molecule has 9 heteroatoms. The van der Waals surface area contributed by atoms with Crippen molar-refractivity contribution in [3.05, 3.63) is 82.6 Å². The molecule has 2 heterocycles. The minimum atomic E-state index is -3.46. The molecule has 2 aromatic rings. The van der Waals surface area contributed by atoms with Gasteiger partial charge in [-0.3, -0.25) is 4.57 Å². The number of thioether (sulfide) groups is 1. The molecule has 0 saturated heterocycles. The van der Waals surface area contributed by atoms with Crippen LogP contribution in [0.1, 0.15) is 24.1 Å². The Morgan fingerprint density at radius 2 is 1.74 bits per heavy atom. The topological polar surface area (TPSA) is 60.4 Å². The molecule has 0 aromatic heterocycles. The van der Waals surface area contributed by atoms with E-state index in [1.165, 1.54) is 26.0 Å². The molecule has 6 nitrogen and oxygen atoms in total. The molecule has 2 aromatic carbocycles. The molecule has 0 spiro atoms. The fraction of sp³-hybridized carbons (Fsp3) is 0.227. The van der Waals surface area contributed by atoms with Crippen LogP contribution >= 0.6 is 31.8 Å². The first kappa shape index (κ1) is 23.6. The van der Waals surface area contributed by atoms with Gasteiger partial charge in [0, 0.05) is 19.6 Å². The zero-order chi connectivity index (χ0) is 21.1. The Hall–Kier alpha value is -2.02. The number of nitrogens with zero attached hydrogens (tertiary/aromatic N) is 2. The summed E-state index contributed by atoms with van der Waals surface area (Å²) in [7, 11) is -0.667.